The van der Waals surface area contributed by atoms with Gasteiger partial charge in [0.1, 0.15) is 0 Å². The second-order valence-electron chi connectivity index (χ2n) is 7.55. The third-order valence-corrected chi connectivity index (χ3v) is 5.48. The minimum atomic E-state index is -0.154. The molecule has 3 atom stereocenters. The Bertz CT molecular complexity index is 303. The van der Waals surface area contributed by atoms with Crippen LogP contribution in [-0.2, 0) is 0 Å². The van der Waals surface area contributed by atoms with E-state index in [0.717, 1.165) is 45.4 Å². The van der Waals surface area contributed by atoms with Gasteiger partial charge < -0.3 is 15.1 Å². The van der Waals surface area contributed by atoms with Gasteiger partial charge in [0.05, 0.1) is 6.10 Å². The standard InChI is InChI=1S/C17H34N2O2/c1-13(2)19-10-16(9-17(21)11-19)8-14(3)18-6-4-15(12-20)5-7-18/h13-17,20-21H,4-12H2,1-3H3. The summed E-state index contributed by atoms with van der Waals surface area (Å²) in [7, 11) is 0. The van der Waals surface area contributed by atoms with Crippen LogP contribution in [0.25, 0.3) is 0 Å². The van der Waals surface area contributed by atoms with Gasteiger partial charge in [-0.3, -0.25) is 4.90 Å². The molecular weight excluding hydrogens is 264 g/mol. The van der Waals surface area contributed by atoms with Crippen molar-refractivity contribution >= 4 is 0 Å². The quantitative estimate of drug-likeness (QED) is 0.809. The second-order valence-corrected chi connectivity index (χ2v) is 7.55. The van der Waals surface area contributed by atoms with Crippen molar-refractivity contribution in [3.05, 3.63) is 0 Å². The first kappa shape index (κ1) is 17.2. The fourth-order valence-electron chi connectivity index (χ4n) is 4.01. The van der Waals surface area contributed by atoms with E-state index < -0.39 is 0 Å². The Kier molecular flexibility index (Phi) is 6.48. The lowest BCUT2D eigenvalue weighted by atomic mass is 9.88. The Morgan fingerprint density at radius 2 is 1.67 bits per heavy atom. The van der Waals surface area contributed by atoms with Crippen molar-refractivity contribution in [3.8, 4) is 0 Å². The maximum atomic E-state index is 10.1. The topological polar surface area (TPSA) is 46.9 Å². The summed E-state index contributed by atoms with van der Waals surface area (Å²) >= 11 is 0. The van der Waals surface area contributed by atoms with Crippen molar-refractivity contribution in [2.24, 2.45) is 11.8 Å². The lowest BCUT2D eigenvalue weighted by molar-refractivity contribution is 0.0113. The van der Waals surface area contributed by atoms with Crippen molar-refractivity contribution < 1.29 is 10.2 Å². The molecule has 0 radical (unpaired) electrons. The van der Waals surface area contributed by atoms with E-state index in [-0.39, 0.29) is 6.10 Å². The summed E-state index contributed by atoms with van der Waals surface area (Å²) in [4.78, 5) is 5.00. The van der Waals surface area contributed by atoms with Crippen molar-refractivity contribution in [1.29, 1.82) is 0 Å². The zero-order valence-corrected chi connectivity index (χ0v) is 14.0. The monoisotopic (exact) mass is 298 g/mol. The predicted molar refractivity (Wildman–Crippen MR) is 86.3 cm³/mol. The molecule has 2 N–H and O–H groups in total. The molecule has 2 aliphatic rings. The van der Waals surface area contributed by atoms with Crippen LogP contribution in [-0.4, -0.2) is 71.0 Å². The number of hydrogen-bond donors (Lipinski definition) is 2. The molecule has 124 valence electrons. The fourth-order valence-corrected chi connectivity index (χ4v) is 4.01. The Labute approximate surface area is 130 Å². The summed E-state index contributed by atoms with van der Waals surface area (Å²) in [6.45, 7) is 11.3. The smallest absolute Gasteiger partial charge is 0.0670 e. The number of hydrogen-bond acceptors (Lipinski definition) is 4. The molecule has 0 aromatic carbocycles. The van der Waals surface area contributed by atoms with Crippen LogP contribution in [0.15, 0.2) is 0 Å². The number of rotatable bonds is 5. The Hall–Kier alpha value is -0.160. The first-order valence-electron chi connectivity index (χ1n) is 8.76. The van der Waals surface area contributed by atoms with Crippen molar-refractivity contribution in [3.63, 3.8) is 0 Å². The number of nitrogens with zero attached hydrogens (tertiary/aromatic N) is 2. The highest BCUT2D eigenvalue weighted by Crippen LogP contribution is 2.26. The Morgan fingerprint density at radius 3 is 2.24 bits per heavy atom. The maximum absolute atomic E-state index is 10.1. The van der Waals surface area contributed by atoms with Gasteiger partial charge in [-0.15, -0.1) is 0 Å². The average molecular weight is 298 g/mol. The van der Waals surface area contributed by atoms with Gasteiger partial charge >= 0.3 is 0 Å². The summed E-state index contributed by atoms with van der Waals surface area (Å²) in [6.07, 6.45) is 4.25. The summed E-state index contributed by atoms with van der Waals surface area (Å²) in [5.74, 6) is 1.13. The van der Waals surface area contributed by atoms with E-state index in [9.17, 15) is 10.2 Å². The number of piperidine rings is 2. The molecule has 0 aromatic rings. The van der Waals surface area contributed by atoms with Crippen LogP contribution in [0.1, 0.15) is 46.5 Å². The van der Waals surface area contributed by atoms with E-state index in [1.54, 1.807) is 0 Å². The maximum Gasteiger partial charge on any atom is 0.0670 e. The van der Waals surface area contributed by atoms with Crippen LogP contribution in [0.5, 0.6) is 0 Å². The molecule has 3 unspecified atom stereocenters. The molecule has 0 saturated carbocycles. The van der Waals surface area contributed by atoms with Crippen molar-refractivity contribution in [2.75, 3.05) is 32.8 Å². The van der Waals surface area contributed by atoms with E-state index in [1.807, 2.05) is 0 Å². The highest BCUT2D eigenvalue weighted by atomic mass is 16.3. The number of β-amino-alcohol motifs (C(OH)–C–C–N with tert-alkyl or cyclic N) is 1. The van der Waals surface area contributed by atoms with Gasteiger partial charge in [0.2, 0.25) is 0 Å². The van der Waals surface area contributed by atoms with Gasteiger partial charge in [0, 0.05) is 31.8 Å². The van der Waals surface area contributed by atoms with E-state index in [2.05, 4.69) is 30.6 Å². The molecule has 4 heteroatoms. The lowest BCUT2D eigenvalue weighted by Gasteiger charge is -2.41. The van der Waals surface area contributed by atoms with E-state index in [4.69, 9.17) is 0 Å². The van der Waals surface area contributed by atoms with Crippen LogP contribution >= 0.6 is 0 Å². The van der Waals surface area contributed by atoms with Crippen molar-refractivity contribution in [1.82, 2.24) is 9.80 Å². The molecule has 2 heterocycles. The van der Waals surface area contributed by atoms with Crippen molar-refractivity contribution in [2.45, 2.75) is 64.6 Å². The predicted octanol–water partition coefficient (Wildman–Crippen LogP) is 1.56. The van der Waals surface area contributed by atoms with Gasteiger partial charge in [-0.05, 0) is 71.4 Å². The second kappa shape index (κ2) is 7.91. The Balaban J connectivity index is 1.80. The van der Waals surface area contributed by atoms with Crippen LogP contribution in [0, 0.1) is 11.8 Å². The fraction of sp³-hybridized carbons (Fsp3) is 1.00. The molecular formula is C17H34N2O2. The summed E-state index contributed by atoms with van der Waals surface area (Å²) in [6, 6.07) is 1.12. The molecule has 0 spiro atoms. The first-order chi connectivity index (χ1) is 9.99. The summed E-state index contributed by atoms with van der Waals surface area (Å²) < 4.78 is 0. The largest absolute Gasteiger partial charge is 0.396 e. The number of likely N-dealkylation sites (tertiary alicyclic amines) is 2. The molecule has 0 aliphatic carbocycles. The molecule has 21 heavy (non-hydrogen) atoms. The third-order valence-electron chi connectivity index (χ3n) is 5.48. The van der Waals surface area contributed by atoms with E-state index >= 15 is 0 Å². The summed E-state index contributed by atoms with van der Waals surface area (Å²) in [5, 5.41) is 19.3. The Morgan fingerprint density at radius 1 is 1.00 bits per heavy atom. The SMILES string of the molecule is CC(C)N1CC(O)CC(CC(C)N2CCC(CO)CC2)C1. The third kappa shape index (κ3) is 4.92. The van der Waals surface area contributed by atoms with E-state index in [0.29, 0.717) is 30.5 Å². The first-order valence-corrected chi connectivity index (χ1v) is 8.76. The molecule has 2 aliphatic heterocycles. The average Bonchev–Trinajstić information content (AvgIpc) is 2.46. The number of aliphatic hydroxyl groups is 2. The van der Waals surface area contributed by atoms with Gasteiger partial charge in [-0.25, -0.2) is 0 Å². The van der Waals surface area contributed by atoms with Gasteiger partial charge in [-0.1, -0.05) is 0 Å². The minimum Gasteiger partial charge on any atom is -0.396 e. The van der Waals surface area contributed by atoms with Crippen LogP contribution in [0.3, 0.4) is 0 Å². The minimum absolute atomic E-state index is 0.154. The van der Waals surface area contributed by atoms with Gasteiger partial charge in [0.25, 0.3) is 0 Å². The molecule has 2 rings (SSSR count). The zero-order valence-electron chi connectivity index (χ0n) is 14.0. The molecule has 0 bridgehead atoms. The van der Waals surface area contributed by atoms with Crippen LogP contribution < -0.4 is 0 Å². The van der Waals surface area contributed by atoms with Gasteiger partial charge in [0.15, 0.2) is 0 Å². The van der Waals surface area contributed by atoms with Crippen LogP contribution in [0.2, 0.25) is 0 Å². The highest BCUT2D eigenvalue weighted by Gasteiger charge is 2.30. The normalized spacial score (nSPS) is 31.7. The molecule has 2 fully saturated rings. The van der Waals surface area contributed by atoms with Gasteiger partial charge in [-0.2, -0.15) is 0 Å². The van der Waals surface area contributed by atoms with E-state index in [1.165, 1.54) is 6.42 Å². The molecule has 4 nitrogen and oxygen atoms in total. The zero-order chi connectivity index (χ0) is 15.4. The highest BCUT2D eigenvalue weighted by molar-refractivity contribution is 4.84. The summed E-state index contributed by atoms with van der Waals surface area (Å²) in [5.41, 5.74) is 0. The number of aliphatic hydroxyl groups excluding tert-OH is 2. The van der Waals surface area contributed by atoms with Crippen LogP contribution in [0.4, 0.5) is 0 Å². The molecule has 0 aromatic heterocycles. The molecule has 2 saturated heterocycles. The molecule has 0 amide bonds. The lowest BCUT2D eigenvalue weighted by Crippen LogP contribution is -2.48.